The average molecular weight is 560 g/mol. The van der Waals surface area contributed by atoms with Gasteiger partial charge >= 0.3 is 6.18 Å². The Hall–Kier alpha value is -2.20. The predicted octanol–water partition coefficient (Wildman–Crippen LogP) is 8.26. The molecule has 0 unspecified atom stereocenters. The quantitative estimate of drug-likeness (QED) is 0.230. The molecule has 35 heavy (non-hydrogen) atoms. The van der Waals surface area contributed by atoms with E-state index in [0.717, 1.165) is 5.56 Å². The molecule has 1 aliphatic carbocycles. The van der Waals surface area contributed by atoms with Crippen LogP contribution in [0.2, 0.25) is 15.1 Å². The molecule has 182 valence electrons. The number of nitrogens with zero attached hydrogens (tertiary/aromatic N) is 4. The minimum atomic E-state index is -4.48. The Labute approximate surface area is 217 Å². The molecule has 2 aromatic carbocycles. The standard InChI is InChI=1S/C23H16Cl3F3N4OS/c1-35-19-17(20-30-31-21(34-20)22(9-2-10-22)23(27,28)29)32-33(16-8-7-14(25)11-15(16)26)18(19)12-3-5-13(24)6-4-12/h3-8,11H,2,9-10H2,1H3. The van der Waals surface area contributed by atoms with Gasteiger partial charge in [0.2, 0.25) is 5.89 Å². The van der Waals surface area contributed by atoms with E-state index in [1.807, 2.05) is 18.4 Å². The Morgan fingerprint density at radius 1 is 1.00 bits per heavy atom. The zero-order valence-corrected chi connectivity index (χ0v) is 21.1. The molecule has 2 aromatic heterocycles. The summed E-state index contributed by atoms with van der Waals surface area (Å²) in [4.78, 5) is 0.628. The maximum absolute atomic E-state index is 13.8. The first-order valence-corrected chi connectivity index (χ1v) is 12.8. The fourth-order valence-corrected chi connectivity index (χ4v) is 5.42. The second kappa shape index (κ2) is 9.03. The van der Waals surface area contributed by atoms with Crippen molar-refractivity contribution in [2.45, 2.75) is 35.7 Å². The SMILES string of the molecule is CSc1c(-c2nnc(C3(C(F)(F)F)CCC3)o2)nn(-c2ccc(Cl)cc2Cl)c1-c1ccc(Cl)cc1. The van der Waals surface area contributed by atoms with Gasteiger partial charge in [0.1, 0.15) is 5.41 Å². The van der Waals surface area contributed by atoms with Crippen molar-refractivity contribution in [3.05, 3.63) is 63.4 Å². The number of halogens is 6. The summed E-state index contributed by atoms with van der Waals surface area (Å²) in [6.45, 7) is 0. The monoisotopic (exact) mass is 558 g/mol. The number of thioether (sulfide) groups is 1. The summed E-state index contributed by atoms with van der Waals surface area (Å²) >= 11 is 20.0. The van der Waals surface area contributed by atoms with E-state index >= 15 is 0 Å². The summed E-state index contributed by atoms with van der Waals surface area (Å²) in [7, 11) is 0. The van der Waals surface area contributed by atoms with Crippen molar-refractivity contribution in [2.75, 3.05) is 6.26 Å². The highest BCUT2D eigenvalue weighted by molar-refractivity contribution is 7.98. The number of alkyl halides is 3. The third kappa shape index (κ3) is 4.12. The van der Waals surface area contributed by atoms with Crippen LogP contribution in [-0.2, 0) is 5.41 Å². The highest BCUT2D eigenvalue weighted by atomic mass is 35.5. The second-order valence-electron chi connectivity index (χ2n) is 8.09. The largest absolute Gasteiger partial charge is 0.418 e. The van der Waals surface area contributed by atoms with Crippen molar-refractivity contribution in [3.8, 4) is 28.5 Å². The Kier molecular flexibility index (Phi) is 6.32. The van der Waals surface area contributed by atoms with E-state index < -0.39 is 17.5 Å². The van der Waals surface area contributed by atoms with E-state index in [2.05, 4.69) is 15.3 Å². The van der Waals surface area contributed by atoms with Gasteiger partial charge in [0.25, 0.3) is 5.89 Å². The van der Waals surface area contributed by atoms with Gasteiger partial charge < -0.3 is 4.42 Å². The van der Waals surface area contributed by atoms with Gasteiger partial charge in [0, 0.05) is 15.6 Å². The number of aromatic nitrogens is 4. The third-order valence-corrected chi connectivity index (χ3v) is 7.67. The molecular formula is C23H16Cl3F3N4OS. The van der Waals surface area contributed by atoms with Gasteiger partial charge in [-0.25, -0.2) is 4.68 Å². The highest BCUT2D eigenvalue weighted by Gasteiger charge is 2.63. The summed E-state index contributed by atoms with van der Waals surface area (Å²) < 4.78 is 48.7. The molecule has 0 N–H and O–H groups in total. The number of hydrogen-bond donors (Lipinski definition) is 0. The van der Waals surface area contributed by atoms with Crippen molar-refractivity contribution in [3.63, 3.8) is 0 Å². The van der Waals surface area contributed by atoms with Crippen molar-refractivity contribution < 1.29 is 17.6 Å². The lowest BCUT2D eigenvalue weighted by atomic mass is 9.68. The van der Waals surface area contributed by atoms with Crippen LogP contribution < -0.4 is 0 Å². The van der Waals surface area contributed by atoms with E-state index in [1.54, 1.807) is 35.0 Å². The molecule has 0 saturated heterocycles. The zero-order valence-electron chi connectivity index (χ0n) is 18.0. The third-order valence-electron chi connectivity index (χ3n) is 6.09. The van der Waals surface area contributed by atoms with Crippen LogP contribution in [-0.4, -0.2) is 32.4 Å². The van der Waals surface area contributed by atoms with Crippen LogP contribution in [0, 0.1) is 0 Å². The predicted molar refractivity (Wildman–Crippen MR) is 131 cm³/mol. The Morgan fingerprint density at radius 3 is 2.26 bits per heavy atom. The lowest BCUT2D eigenvalue weighted by Crippen LogP contribution is -2.48. The van der Waals surface area contributed by atoms with Crippen LogP contribution >= 0.6 is 46.6 Å². The van der Waals surface area contributed by atoms with E-state index in [9.17, 15) is 13.2 Å². The minimum absolute atomic E-state index is 0.0850. The highest BCUT2D eigenvalue weighted by Crippen LogP contribution is 2.54. The van der Waals surface area contributed by atoms with E-state index in [0.29, 0.717) is 37.8 Å². The van der Waals surface area contributed by atoms with Crippen molar-refractivity contribution >= 4 is 46.6 Å². The summed E-state index contributed by atoms with van der Waals surface area (Å²) in [5.41, 5.74) is 0.0620. The normalized spacial score (nSPS) is 15.3. The second-order valence-corrected chi connectivity index (χ2v) is 10.2. The molecule has 4 aromatic rings. The van der Waals surface area contributed by atoms with Crippen molar-refractivity contribution in [1.82, 2.24) is 20.0 Å². The lowest BCUT2D eigenvalue weighted by Gasteiger charge is -2.39. The zero-order chi connectivity index (χ0) is 25.0. The molecular weight excluding hydrogens is 544 g/mol. The van der Waals surface area contributed by atoms with Gasteiger partial charge in [-0.15, -0.1) is 22.0 Å². The summed E-state index contributed by atoms with van der Waals surface area (Å²) in [6, 6.07) is 12.1. The summed E-state index contributed by atoms with van der Waals surface area (Å²) in [5, 5.41) is 13.8. The van der Waals surface area contributed by atoms with Crippen LogP contribution in [0.1, 0.15) is 25.2 Å². The molecule has 1 fully saturated rings. The smallest absolute Gasteiger partial charge is 0.403 e. The van der Waals surface area contributed by atoms with Crippen LogP contribution in [0.4, 0.5) is 13.2 Å². The molecule has 5 nitrogen and oxygen atoms in total. The van der Waals surface area contributed by atoms with Gasteiger partial charge in [0.05, 0.1) is 21.3 Å². The van der Waals surface area contributed by atoms with Crippen LogP contribution in [0.5, 0.6) is 0 Å². The first kappa shape index (κ1) is 24.5. The van der Waals surface area contributed by atoms with Crippen molar-refractivity contribution in [2.24, 2.45) is 0 Å². The van der Waals surface area contributed by atoms with Crippen LogP contribution in [0.25, 0.3) is 28.5 Å². The topological polar surface area (TPSA) is 56.7 Å². The van der Waals surface area contributed by atoms with Gasteiger partial charge in [-0.1, -0.05) is 53.4 Å². The molecule has 5 rings (SSSR count). The molecule has 12 heteroatoms. The van der Waals surface area contributed by atoms with Gasteiger partial charge in [-0.2, -0.15) is 18.3 Å². The van der Waals surface area contributed by atoms with Gasteiger partial charge in [0.15, 0.2) is 5.69 Å². The van der Waals surface area contributed by atoms with E-state index in [-0.39, 0.29) is 24.4 Å². The Bertz CT molecular complexity index is 1400. The maximum Gasteiger partial charge on any atom is 0.403 e. The minimum Gasteiger partial charge on any atom is -0.418 e. The fourth-order valence-electron chi connectivity index (χ4n) is 4.09. The Balaban J connectivity index is 1.71. The molecule has 0 bridgehead atoms. The Morgan fingerprint density at radius 2 is 1.69 bits per heavy atom. The molecule has 0 amide bonds. The fraction of sp³-hybridized carbons (Fsp3) is 0.261. The molecule has 0 radical (unpaired) electrons. The lowest BCUT2D eigenvalue weighted by molar-refractivity contribution is -0.219. The van der Waals surface area contributed by atoms with Crippen molar-refractivity contribution in [1.29, 1.82) is 0 Å². The maximum atomic E-state index is 13.8. The molecule has 1 saturated carbocycles. The number of rotatable bonds is 5. The van der Waals surface area contributed by atoms with E-state index in [4.69, 9.17) is 39.2 Å². The van der Waals surface area contributed by atoms with Crippen LogP contribution in [0.15, 0.2) is 51.8 Å². The summed E-state index contributed by atoms with van der Waals surface area (Å²) in [6.07, 6.45) is -2.38. The van der Waals surface area contributed by atoms with Crippen LogP contribution in [0.3, 0.4) is 0 Å². The number of benzene rings is 2. The first-order valence-electron chi connectivity index (χ1n) is 10.4. The molecule has 0 aliphatic heterocycles. The number of hydrogen-bond acceptors (Lipinski definition) is 5. The molecule has 2 heterocycles. The molecule has 1 aliphatic rings. The average Bonchev–Trinajstić information content (AvgIpc) is 3.37. The molecule has 0 spiro atoms. The van der Waals surface area contributed by atoms with Gasteiger partial charge in [-0.05, 0) is 49.4 Å². The van der Waals surface area contributed by atoms with Gasteiger partial charge in [-0.3, -0.25) is 0 Å². The summed E-state index contributed by atoms with van der Waals surface area (Å²) in [5.74, 6) is -0.538. The first-order chi connectivity index (χ1) is 16.6. The molecule has 0 atom stereocenters. The van der Waals surface area contributed by atoms with E-state index in [1.165, 1.54) is 11.8 Å².